The topological polar surface area (TPSA) is 53.1 Å². The molecule has 0 aliphatic heterocycles. The van der Waals surface area contributed by atoms with Gasteiger partial charge in [-0.3, -0.25) is 4.68 Å². The fourth-order valence-electron chi connectivity index (χ4n) is 1.34. The predicted octanol–water partition coefficient (Wildman–Crippen LogP) is 1.82. The molecule has 0 bridgehead atoms. The number of nitrogen functional groups attached to an aromatic ring is 1. The summed E-state index contributed by atoms with van der Waals surface area (Å²) in [5.41, 5.74) is 5.42. The van der Waals surface area contributed by atoms with E-state index in [1.165, 1.54) is 0 Å². The minimum Gasteiger partial charge on any atom is -0.488 e. The van der Waals surface area contributed by atoms with Gasteiger partial charge in [0.1, 0.15) is 18.2 Å². The van der Waals surface area contributed by atoms with Gasteiger partial charge in [0.05, 0.1) is 6.54 Å². The third-order valence-electron chi connectivity index (χ3n) is 2.13. The van der Waals surface area contributed by atoms with E-state index < -0.39 is 11.6 Å². The number of halogens is 2. The molecule has 0 amide bonds. The Hall–Kier alpha value is -2.11. The minimum atomic E-state index is -0.591. The molecular formula is C11H11F2N3O. The number of ether oxygens (including phenoxy) is 1. The molecule has 2 N–H and O–H groups in total. The minimum absolute atomic E-state index is 0.106. The van der Waals surface area contributed by atoms with Crippen LogP contribution in [0.2, 0.25) is 0 Å². The molecule has 0 radical (unpaired) electrons. The molecule has 0 aliphatic rings. The number of nitrogens with two attached hydrogens (primary N) is 1. The zero-order valence-corrected chi connectivity index (χ0v) is 8.94. The monoisotopic (exact) mass is 239 g/mol. The summed E-state index contributed by atoms with van der Waals surface area (Å²) in [6.45, 7) is 0.592. The molecule has 4 nitrogen and oxygen atoms in total. The van der Waals surface area contributed by atoms with Gasteiger partial charge in [-0.2, -0.15) is 5.10 Å². The van der Waals surface area contributed by atoms with Crippen LogP contribution in [-0.2, 0) is 6.54 Å². The van der Waals surface area contributed by atoms with Gasteiger partial charge in [-0.05, 0) is 18.2 Å². The summed E-state index contributed by atoms with van der Waals surface area (Å²) in [6.07, 6.45) is 1.68. The van der Waals surface area contributed by atoms with Crippen molar-refractivity contribution >= 4 is 5.82 Å². The Kier molecular flexibility index (Phi) is 3.22. The van der Waals surface area contributed by atoms with Crippen LogP contribution in [0.4, 0.5) is 14.6 Å². The third kappa shape index (κ3) is 2.93. The number of rotatable bonds is 4. The van der Waals surface area contributed by atoms with Crippen molar-refractivity contribution in [2.75, 3.05) is 12.3 Å². The Labute approximate surface area is 96.6 Å². The average Bonchev–Trinajstić information content (AvgIpc) is 2.69. The summed E-state index contributed by atoms with van der Waals surface area (Å²) < 4.78 is 32.7. The van der Waals surface area contributed by atoms with E-state index >= 15 is 0 Å². The van der Waals surface area contributed by atoms with E-state index in [9.17, 15) is 8.78 Å². The number of nitrogens with zero attached hydrogens (tertiary/aromatic N) is 2. The Bertz CT molecular complexity index is 513. The first-order valence-electron chi connectivity index (χ1n) is 5.02. The van der Waals surface area contributed by atoms with Crippen LogP contribution in [0, 0.1) is 11.6 Å². The van der Waals surface area contributed by atoms with Gasteiger partial charge in [0.2, 0.25) is 0 Å². The van der Waals surface area contributed by atoms with Crippen LogP contribution < -0.4 is 10.5 Å². The molecule has 6 heteroatoms. The van der Waals surface area contributed by atoms with Crippen molar-refractivity contribution in [3.63, 3.8) is 0 Å². The fraction of sp³-hybridized carbons (Fsp3) is 0.182. The zero-order chi connectivity index (χ0) is 12.3. The molecule has 1 aromatic carbocycles. The Morgan fingerprint density at radius 3 is 2.82 bits per heavy atom. The summed E-state index contributed by atoms with van der Waals surface area (Å²) in [5, 5.41) is 3.93. The Morgan fingerprint density at radius 2 is 2.12 bits per heavy atom. The van der Waals surface area contributed by atoms with Crippen LogP contribution in [0.3, 0.4) is 0 Å². The molecule has 1 heterocycles. The summed E-state index contributed by atoms with van der Waals surface area (Å²) in [7, 11) is 0. The maximum atomic E-state index is 13.2. The van der Waals surface area contributed by atoms with Crippen molar-refractivity contribution < 1.29 is 13.5 Å². The molecule has 0 saturated heterocycles. The van der Waals surface area contributed by atoms with E-state index in [1.807, 2.05) is 0 Å². The molecule has 0 unspecified atom stereocenters. The number of anilines is 1. The molecule has 0 aliphatic carbocycles. The van der Waals surface area contributed by atoms with E-state index in [1.54, 1.807) is 16.9 Å². The summed E-state index contributed by atoms with van der Waals surface area (Å²) in [4.78, 5) is 0. The van der Waals surface area contributed by atoms with Gasteiger partial charge >= 0.3 is 0 Å². The third-order valence-corrected chi connectivity index (χ3v) is 2.13. The van der Waals surface area contributed by atoms with Gasteiger partial charge in [-0.1, -0.05) is 0 Å². The Morgan fingerprint density at radius 1 is 1.29 bits per heavy atom. The lowest BCUT2D eigenvalue weighted by molar-refractivity contribution is 0.277. The largest absolute Gasteiger partial charge is 0.488 e. The Balaban J connectivity index is 1.91. The first-order valence-corrected chi connectivity index (χ1v) is 5.02. The number of benzene rings is 1. The van der Waals surface area contributed by atoms with Gasteiger partial charge in [0, 0.05) is 12.3 Å². The van der Waals surface area contributed by atoms with Gasteiger partial charge in [0.25, 0.3) is 0 Å². The maximum Gasteiger partial charge on any atom is 0.165 e. The highest BCUT2D eigenvalue weighted by atomic mass is 19.1. The van der Waals surface area contributed by atoms with Gasteiger partial charge < -0.3 is 10.5 Å². The number of hydrogen-bond donors (Lipinski definition) is 1. The summed E-state index contributed by atoms with van der Waals surface area (Å²) >= 11 is 0. The second-order valence-electron chi connectivity index (χ2n) is 3.43. The van der Waals surface area contributed by atoms with Crippen LogP contribution in [0.5, 0.6) is 5.75 Å². The molecular weight excluding hydrogens is 228 g/mol. The molecule has 2 aromatic rings. The van der Waals surface area contributed by atoms with Crippen LogP contribution in [0.15, 0.2) is 30.5 Å². The van der Waals surface area contributed by atoms with Crippen molar-refractivity contribution in [2.24, 2.45) is 0 Å². The normalized spacial score (nSPS) is 10.5. The first-order chi connectivity index (χ1) is 8.15. The van der Waals surface area contributed by atoms with E-state index in [0.717, 1.165) is 18.2 Å². The van der Waals surface area contributed by atoms with Crippen LogP contribution in [0.25, 0.3) is 0 Å². The molecule has 1 aromatic heterocycles. The number of aromatic nitrogens is 2. The first kappa shape index (κ1) is 11.4. The van der Waals surface area contributed by atoms with Gasteiger partial charge in [0.15, 0.2) is 11.6 Å². The van der Waals surface area contributed by atoms with Crippen LogP contribution in [0.1, 0.15) is 0 Å². The summed E-state index contributed by atoms with van der Waals surface area (Å²) in [6, 6.07) is 4.71. The van der Waals surface area contributed by atoms with Crippen molar-refractivity contribution in [3.8, 4) is 5.75 Å². The van der Waals surface area contributed by atoms with E-state index in [4.69, 9.17) is 10.5 Å². The highest BCUT2D eigenvalue weighted by Crippen LogP contribution is 2.17. The van der Waals surface area contributed by atoms with E-state index in [2.05, 4.69) is 5.10 Å². The lowest BCUT2D eigenvalue weighted by Crippen LogP contribution is -2.09. The van der Waals surface area contributed by atoms with Gasteiger partial charge in [-0.25, -0.2) is 8.78 Å². The molecule has 17 heavy (non-hydrogen) atoms. The fourth-order valence-corrected chi connectivity index (χ4v) is 1.34. The molecule has 0 atom stereocenters. The SMILES string of the molecule is Nc1ccn(CCOc2cc(F)ccc2F)n1. The molecule has 90 valence electrons. The van der Waals surface area contributed by atoms with Crippen molar-refractivity contribution in [2.45, 2.75) is 6.54 Å². The van der Waals surface area contributed by atoms with Crippen molar-refractivity contribution in [1.29, 1.82) is 0 Å². The highest BCUT2D eigenvalue weighted by molar-refractivity contribution is 5.25. The lowest BCUT2D eigenvalue weighted by atomic mass is 10.3. The van der Waals surface area contributed by atoms with Crippen molar-refractivity contribution in [3.05, 3.63) is 42.1 Å². The van der Waals surface area contributed by atoms with E-state index in [0.29, 0.717) is 12.4 Å². The van der Waals surface area contributed by atoms with Crippen LogP contribution >= 0.6 is 0 Å². The second kappa shape index (κ2) is 4.82. The van der Waals surface area contributed by atoms with Gasteiger partial charge in [-0.15, -0.1) is 0 Å². The lowest BCUT2D eigenvalue weighted by Gasteiger charge is -2.07. The van der Waals surface area contributed by atoms with Crippen LogP contribution in [-0.4, -0.2) is 16.4 Å². The van der Waals surface area contributed by atoms with Crippen molar-refractivity contribution in [1.82, 2.24) is 9.78 Å². The molecule has 2 rings (SSSR count). The standard InChI is InChI=1S/C11H11F2N3O/c12-8-1-2-9(13)10(7-8)17-6-5-16-4-3-11(14)15-16/h1-4,7H,5-6H2,(H2,14,15). The molecule has 0 fully saturated rings. The highest BCUT2D eigenvalue weighted by Gasteiger charge is 2.04. The quantitative estimate of drug-likeness (QED) is 0.885. The maximum absolute atomic E-state index is 13.2. The molecule has 0 saturated carbocycles. The second-order valence-corrected chi connectivity index (χ2v) is 3.43. The summed E-state index contributed by atoms with van der Waals surface area (Å²) in [5.74, 6) is -0.830. The zero-order valence-electron chi connectivity index (χ0n) is 8.94. The smallest absolute Gasteiger partial charge is 0.165 e. The predicted molar refractivity (Wildman–Crippen MR) is 58.5 cm³/mol. The average molecular weight is 239 g/mol. The molecule has 0 spiro atoms. The number of hydrogen-bond acceptors (Lipinski definition) is 3. The van der Waals surface area contributed by atoms with E-state index in [-0.39, 0.29) is 12.4 Å².